The number of hydrogen-bond acceptors (Lipinski definition) is 8. The topological polar surface area (TPSA) is 142 Å². The van der Waals surface area contributed by atoms with Gasteiger partial charge in [-0.1, -0.05) is 23.2 Å². The van der Waals surface area contributed by atoms with Crippen LogP contribution in [0.2, 0.25) is 5.02 Å². The van der Waals surface area contributed by atoms with Crippen LogP contribution in [0.25, 0.3) is 0 Å². The Morgan fingerprint density at radius 1 is 1.03 bits per heavy atom. The van der Waals surface area contributed by atoms with E-state index in [1.807, 2.05) is 0 Å². The monoisotopic (exact) mass is 453 g/mol. The molecule has 0 amide bonds. The van der Waals surface area contributed by atoms with Gasteiger partial charge in [-0.2, -0.15) is 8.42 Å². The first-order valence-corrected chi connectivity index (χ1v) is 10.7. The van der Waals surface area contributed by atoms with Crippen LogP contribution in [0.3, 0.4) is 0 Å². The van der Waals surface area contributed by atoms with Gasteiger partial charge in [-0.3, -0.25) is 24.5 Å². The van der Waals surface area contributed by atoms with Crippen molar-refractivity contribution in [1.29, 1.82) is 0 Å². The fourth-order valence-electron chi connectivity index (χ4n) is 3.28. The highest BCUT2D eigenvalue weighted by Gasteiger charge is 2.31. The highest BCUT2D eigenvalue weighted by atomic mass is 35.5. The summed E-state index contributed by atoms with van der Waals surface area (Å²) in [6.45, 7) is 0. The summed E-state index contributed by atoms with van der Waals surface area (Å²) in [5, 5.41) is 26.6. The van der Waals surface area contributed by atoms with Crippen molar-refractivity contribution in [3.8, 4) is 0 Å². The largest absolute Gasteiger partial charge is 0.358 e. The maximum atomic E-state index is 12.4. The van der Waals surface area contributed by atoms with Crippen LogP contribution in [0.4, 0.5) is 11.4 Å². The maximum Gasteiger partial charge on any atom is 0.358 e. The van der Waals surface area contributed by atoms with Crippen molar-refractivity contribution in [1.82, 2.24) is 0 Å². The van der Waals surface area contributed by atoms with E-state index >= 15 is 0 Å². The molecule has 0 N–H and O–H groups in total. The molecular weight excluding hydrogens is 438 g/mol. The number of non-ortho nitro benzene ring substituents is 1. The number of rotatable bonds is 6. The zero-order chi connectivity index (χ0) is 21.9. The summed E-state index contributed by atoms with van der Waals surface area (Å²) in [6.07, 6.45) is 2.30. The number of halogens is 1. The van der Waals surface area contributed by atoms with E-state index in [0.29, 0.717) is 30.0 Å². The summed E-state index contributed by atoms with van der Waals surface area (Å²) in [5.74, 6) is -0.583. The van der Waals surface area contributed by atoms with Crippen molar-refractivity contribution in [3.63, 3.8) is 0 Å². The van der Waals surface area contributed by atoms with Crippen LogP contribution in [0.1, 0.15) is 37.2 Å². The SMILES string of the molecule is O=[N+]([O-])c1ccc(C2CCCC/C2=N/OS(=O)(=O)c2ccc(Cl)cc2)c([N+](=O)[O-])c1. The predicted molar refractivity (Wildman–Crippen MR) is 108 cm³/mol. The molecular formula is C18H16ClN3O7S. The lowest BCUT2D eigenvalue weighted by atomic mass is 9.81. The number of oxime groups is 1. The highest BCUT2D eigenvalue weighted by Crippen LogP contribution is 2.38. The smallest absolute Gasteiger partial charge is 0.265 e. The van der Waals surface area contributed by atoms with E-state index in [1.54, 1.807) is 0 Å². The van der Waals surface area contributed by atoms with Gasteiger partial charge in [0.15, 0.2) is 0 Å². The first-order chi connectivity index (χ1) is 14.2. The van der Waals surface area contributed by atoms with E-state index in [4.69, 9.17) is 15.9 Å². The van der Waals surface area contributed by atoms with Crippen LogP contribution in [0.15, 0.2) is 52.5 Å². The third-order valence-electron chi connectivity index (χ3n) is 4.73. The summed E-state index contributed by atoms with van der Waals surface area (Å²) >= 11 is 5.76. The second-order valence-electron chi connectivity index (χ2n) is 6.62. The van der Waals surface area contributed by atoms with Crippen molar-refractivity contribution in [2.75, 3.05) is 0 Å². The van der Waals surface area contributed by atoms with Crippen molar-refractivity contribution >= 4 is 38.8 Å². The Bertz CT molecular complexity index is 1120. The number of nitro benzene ring substituents is 2. The van der Waals surface area contributed by atoms with Gasteiger partial charge in [0.1, 0.15) is 4.90 Å². The van der Waals surface area contributed by atoms with E-state index < -0.39 is 37.3 Å². The molecule has 1 aliphatic carbocycles. The number of nitro groups is 2. The van der Waals surface area contributed by atoms with Crippen molar-refractivity contribution < 1.29 is 22.5 Å². The summed E-state index contributed by atoms with van der Waals surface area (Å²) in [7, 11) is -4.20. The average molecular weight is 454 g/mol. The molecule has 1 fully saturated rings. The van der Waals surface area contributed by atoms with Gasteiger partial charge in [0.05, 0.1) is 21.6 Å². The third kappa shape index (κ3) is 4.74. The van der Waals surface area contributed by atoms with Crippen LogP contribution in [0, 0.1) is 20.2 Å². The second kappa shape index (κ2) is 8.76. The van der Waals surface area contributed by atoms with Crippen molar-refractivity contribution in [2.45, 2.75) is 36.5 Å². The summed E-state index contributed by atoms with van der Waals surface area (Å²) < 4.78 is 29.6. The Labute approximate surface area is 176 Å². The molecule has 10 nitrogen and oxygen atoms in total. The molecule has 1 aliphatic rings. The minimum Gasteiger partial charge on any atom is -0.265 e. The zero-order valence-corrected chi connectivity index (χ0v) is 17.0. The average Bonchev–Trinajstić information content (AvgIpc) is 2.72. The molecule has 1 unspecified atom stereocenters. The lowest BCUT2D eigenvalue weighted by Gasteiger charge is -2.23. The quantitative estimate of drug-likeness (QED) is 0.460. The standard InChI is InChI=1S/C18H16ClN3O7S/c19-12-5-8-14(9-6-12)30(27,28)29-20-17-4-2-1-3-15(17)16-10-7-13(21(23)24)11-18(16)22(25)26/h5-11,15H,1-4H2/b20-17-. The summed E-state index contributed by atoms with van der Waals surface area (Å²) in [5.41, 5.74) is -0.252. The molecule has 12 heteroatoms. The van der Waals surface area contributed by atoms with E-state index in [0.717, 1.165) is 12.5 Å². The van der Waals surface area contributed by atoms with E-state index in [-0.39, 0.29) is 10.5 Å². The normalized spacial score (nSPS) is 18.2. The lowest BCUT2D eigenvalue weighted by molar-refractivity contribution is -0.394. The van der Waals surface area contributed by atoms with Crippen molar-refractivity contribution in [2.24, 2.45) is 5.16 Å². The molecule has 1 atom stereocenters. The van der Waals surface area contributed by atoms with Gasteiger partial charge in [-0.05, 0) is 49.6 Å². The van der Waals surface area contributed by atoms with Crippen LogP contribution in [-0.2, 0) is 14.4 Å². The Morgan fingerprint density at radius 2 is 1.73 bits per heavy atom. The molecule has 0 aliphatic heterocycles. The van der Waals surface area contributed by atoms with Crippen LogP contribution < -0.4 is 0 Å². The molecule has 1 saturated carbocycles. The summed E-state index contributed by atoms with van der Waals surface area (Å²) in [6, 6.07) is 8.74. The van der Waals surface area contributed by atoms with Crippen LogP contribution in [0.5, 0.6) is 0 Å². The number of benzene rings is 2. The fraction of sp³-hybridized carbons (Fsp3) is 0.278. The molecule has 0 heterocycles. The minimum atomic E-state index is -4.20. The molecule has 0 bridgehead atoms. The van der Waals surface area contributed by atoms with Gasteiger partial charge in [-0.15, -0.1) is 0 Å². The first-order valence-electron chi connectivity index (χ1n) is 8.88. The number of nitrogens with zero attached hydrogens (tertiary/aromatic N) is 3. The molecule has 0 radical (unpaired) electrons. The van der Waals surface area contributed by atoms with E-state index in [1.165, 1.54) is 36.4 Å². The van der Waals surface area contributed by atoms with E-state index in [2.05, 4.69) is 5.16 Å². The van der Waals surface area contributed by atoms with E-state index in [9.17, 15) is 28.6 Å². The van der Waals surface area contributed by atoms with Gasteiger partial charge in [-0.25, -0.2) is 0 Å². The van der Waals surface area contributed by atoms with Gasteiger partial charge in [0, 0.05) is 22.6 Å². The molecule has 0 saturated heterocycles. The van der Waals surface area contributed by atoms with Crippen LogP contribution in [-0.4, -0.2) is 24.0 Å². The summed E-state index contributed by atoms with van der Waals surface area (Å²) in [4.78, 5) is 20.9. The van der Waals surface area contributed by atoms with Gasteiger partial charge in [0.2, 0.25) is 0 Å². The lowest BCUT2D eigenvalue weighted by Crippen LogP contribution is -2.20. The Morgan fingerprint density at radius 3 is 2.37 bits per heavy atom. The molecule has 30 heavy (non-hydrogen) atoms. The third-order valence-corrected chi connectivity index (χ3v) is 6.10. The van der Waals surface area contributed by atoms with Gasteiger partial charge in [0.25, 0.3) is 11.4 Å². The second-order valence-corrected chi connectivity index (χ2v) is 8.59. The van der Waals surface area contributed by atoms with Crippen molar-refractivity contribution in [3.05, 3.63) is 73.3 Å². The van der Waals surface area contributed by atoms with Gasteiger partial charge >= 0.3 is 10.1 Å². The van der Waals surface area contributed by atoms with Gasteiger partial charge < -0.3 is 0 Å². The Kier molecular flexibility index (Phi) is 6.32. The Hall–Kier alpha value is -3.05. The molecule has 0 spiro atoms. The Balaban J connectivity index is 1.94. The molecule has 3 rings (SSSR count). The molecule has 2 aromatic carbocycles. The molecule has 2 aromatic rings. The maximum absolute atomic E-state index is 12.4. The first kappa shape index (κ1) is 21.7. The number of hydrogen-bond donors (Lipinski definition) is 0. The molecule has 0 aromatic heterocycles. The zero-order valence-electron chi connectivity index (χ0n) is 15.4. The molecule has 158 valence electrons. The predicted octanol–water partition coefficient (Wildman–Crippen LogP) is 4.58. The fourth-order valence-corrected chi connectivity index (χ4v) is 4.15. The van der Waals surface area contributed by atoms with Crippen LogP contribution >= 0.6 is 11.6 Å². The minimum absolute atomic E-state index is 0.134. The highest BCUT2D eigenvalue weighted by molar-refractivity contribution is 7.86.